The molecule has 78 valence electrons. The molecule has 1 aromatic rings. The Kier molecular flexibility index (Phi) is 3.53. The third-order valence-electron chi connectivity index (χ3n) is 2.38. The average Bonchev–Trinajstić information content (AvgIpc) is 2.02. The molecule has 1 atom stereocenters. The van der Waals surface area contributed by atoms with Crippen LogP contribution in [0.5, 0.6) is 0 Å². The molecule has 0 bridgehead atoms. The van der Waals surface area contributed by atoms with E-state index in [0.29, 0.717) is 4.83 Å². The Balaban J connectivity index is 2.97. The van der Waals surface area contributed by atoms with Crippen LogP contribution in [0.1, 0.15) is 32.8 Å². The first kappa shape index (κ1) is 11.5. The summed E-state index contributed by atoms with van der Waals surface area (Å²) in [6.45, 7) is 6.53. The number of hydrogen-bond acceptors (Lipinski definition) is 2. The second-order valence-corrected chi connectivity index (χ2v) is 5.89. The van der Waals surface area contributed by atoms with Crippen molar-refractivity contribution in [3.8, 4) is 0 Å². The van der Waals surface area contributed by atoms with Gasteiger partial charge in [0, 0.05) is 22.9 Å². The Morgan fingerprint density at radius 1 is 1.57 bits per heavy atom. The van der Waals surface area contributed by atoms with Gasteiger partial charge in [-0.15, -0.1) is 0 Å². The van der Waals surface area contributed by atoms with Crippen molar-refractivity contribution in [3.05, 3.63) is 24.0 Å². The summed E-state index contributed by atoms with van der Waals surface area (Å²) in [4.78, 5) is 4.61. The van der Waals surface area contributed by atoms with Gasteiger partial charge < -0.3 is 5.73 Å². The van der Waals surface area contributed by atoms with Crippen molar-refractivity contribution in [1.82, 2.24) is 4.98 Å². The number of aromatic nitrogens is 1. The molecule has 0 aliphatic rings. The first-order chi connectivity index (χ1) is 6.43. The van der Waals surface area contributed by atoms with Gasteiger partial charge in [0.15, 0.2) is 0 Å². The minimum Gasteiger partial charge on any atom is -0.398 e. The molecule has 0 spiro atoms. The number of hydrogen-bond donors (Lipinski definition) is 1. The van der Waals surface area contributed by atoms with E-state index in [1.54, 1.807) is 6.20 Å². The summed E-state index contributed by atoms with van der Waals surface area (Å²) in [7, 11) is 0. The van der Waals surface area contributed by atoms with E-state index in [2.05, 4.69) is 41.7 Å². The monoisotopic (exact) mass is 256 g/mol. The van der Waals surface area contributed by atoms with Gasteiger partial charge in [-0.2, -0.15) is 0 Å². The van der Waals surface area contributed by atoms with E-state index in [0.717, 1.165) is 17.7 Å². The van der Waals surface area contributed by atoms with Gasteiger partial charge in [0.1, 0.15) is 0 Å². The Hall–Kier alpha value is -0.570. The van der Waals surface area contributed by atoms with E-state index in [1.165, 1.54) is 0 Å². The number of nitrogens with zero attached hydrogens (tertiary/aromatic N) is 1. The molecule has 1 rings (SSSR count). The molecule has 3 heteroatoms. The molecule has 0 fully saturated rings. The molecule has 0 aliphatic carbocycles. The molecule has 0 aliphatic heterocycles. The molecular weight excluding hydrogens is 240 g/mol. The molecule has 0 aromatic carbocycles. The zero-order chi connectivity index (χ0) is 10.8. The van der Waals surface area contributed by atoms with Gasteiger partial charge >= 0.3 is 0 Å². The van der Waals surface area contributed by atoms with E-state index in [9.17, 15) is 0 Å². The van der Waals surface area contributed by atoms with E-state index in [1.807, 2.05) is 12.3 Å². The van der Waals surface area contributed by atoms with Crippen molar-refractivity contribution in [2.75, 3.05) is 5.73 Å². The normalized spacial score (nSPS) is 14.0. The lowest BCUT2D eigenvalue weighted by Crippen LogP contribution is -2.22. The van der Waals surface area contributed by atoms with Gasteiger partial charge in [0.25, 0.3) is 0 Å². The van der Waals surface area contributed by atoms with Crippen molar-refractivity contribution in [3.63, 3.8) is 0 Å². The first-order valence-electron chi connectivity index (χ1n) is 4.77. The number of anilines is 1. The zero-order valence-electron chi connectivity index (χ0n) is 8.92. The number of alkyl halides is 1. The third-order valence-corrected chi connectivity index (χ3v) is 2.70. The largest absolute Gasteiger partial charge is 0.398 e. The highest BCUT2D eigenvalue weighted by Gasteiger charge is 2.24. The van der Waals surface area contributed by atoms with Crippen LogP contribution in [-0.4, -0.2) is 9.81 Å². The Bertz CT molecular complexity index is 308. The molecule has 1 heterocycles. The molecular formula is C11H17BrN2. The number of halogens is 1. The summed E-state index contributed by atoms with van der Waals surface area (Å²) in [5, 5.41) is 0. The van der Waals surface area contributed by atoms with E-state index in [-0.39, 0.29) is 5.41 Å². The molecule has 2 N–H and O–H groups in total. The lowest BCUT2D eigenvalue weighted by molar-refractivity contribution is 0.482. The molecule has 0 amide bonds. The van der Waals surface area contributed by atoms with Gasteiger partial charge in [0.2, 0.25) is 0 Å². The molecule has 14 heavy (non-hydrogen) atoms. The Morgan fingerprint density at radius 3 is 2.71 bits per heavy atom. The van der Waals surface area contributed by atoms with Gasteiger partial charge in [0.05, 0.1) is 0 Å². The summed E-state index contributed by atoms with van der Waals surface area (Å²) in [5.41, 5.74) is 7.96. The SMILES string of the molecule is CC(Br)CC(C)(C)c1cnccc1N. The molecule has 1 unspecified atom stereocenters. The highest BCUT2D eigenvalue weighted by Crippen LogP contribution is 2.33. The van der Waals surface area contributed by atoms with Crippen LogP contribution in [0.4, 0.5) is 5.69 Å². The van der Waals surface area contributed by atoms with Gasteiger partial charge in [-0.05, 0) is 23.5 Å². The van der Waals surface area contributed by atoms with Crippen LogP contribution in [-0.2, 0) is 5.41 Å². The minimum atomic E-state index is 0.0707. The molecule has 0 saturated heterocycles. The minimum absolute atomic E-state index is 0.0707. The van der Waals surface area contributed by atoms with Crippen molar-refractivity contribution in [2.45, 2.75) is 37.4 Å². The fourth-order valence-electron chi connectivity index (χ4n) is 1.78. The second kappa shape index (κ2) is 4.30. The van der Waals surface area contributed by atoms with E-state index >= 15 is 0 Å². The summed E-state index contributed by atoms with van der Waals surface area (Å²) >= 11 is 3.57. The van der Waals surface area contributed by atoms with Gasteiger partial charge in [-0.25, -0.2) is 0 Å². The molecule has 2 nitrogen and oxygen atoms in total. The fourth-order valence-corrected chi connectivity index (χ4v) is 2.59. The fraction of sp³-hybridized carbons (Fsp3) is 0.545. The summed E-state index contributed by atoms with van der Waals surface area (Å²) in [6, 6.07) is 1.86. The predicted octanol–water partition coefficient (Wildman–Crippen LogP) is 3.11. The van der Waals surface area contributed by atoms with Crippen LogP contribution in [0.15, 0.2) is 18.5 Å². The average molecular weight is 257 g/mol. The lowest BCUT2D eigenvalue weighted by atomic mass is 9.81. The first-order valence-corrected chi connectivity index (χ1v) is 5.69. The van der Waals surface area contributed by atoms with Crippen molar-refractivity contribution in [2.24, 2.45) is 0 Å². The summed E-state index contributed by atoms with van der Waals surface area (Å²) < 4.78 is 0. The van der Waals surface area contributed by atoms with Crippen LogP contribution in [0.25, 0.3) is 0 Å². The number of nitrogens with two attached hydrogens (primary N) is 1. The maximum atomic E-state index is 5.93. The molecule has 1 aromatic heterocycles. The van der Waals surface area contributed by atoms with E-state index in [4.69, 9.17) is 5.73 Å². The number of rotatable bonds is 3. The van der Waals surface area contributed by atoms with E-state index < -0.39 is 0 Å². The highest BCUT2D eigenvalue weighted by atomic mass is 79.9. The standard InChI is InChI=1S/C11H17BrN2/c1-8(12)6-11(2,3)9-7-14-5-4-10(9)13/h4-5,7-8H,6H2,1-3H3,(H2,13,14). The van der Waals surface area contributed by atoms with Crippen LogP contribution in [0.3, 0.4) is 0 Å². The maximum absolute atomic E-state index is 5.93. The Labute approximate surface area is 94.0 Å². The van der Waals surface area contributed by atoms with Crippen molar-refractivity contribution in [1.29, 1.82) is 0 Å². The van der Waals surface area contributed by atoms with Gasteiger partial charge in [-0.1, -0.05) is 36.7 Å². The van der Waals surface area contributed by atoms with Gasteiger partial charge in [-0.3, -0.25) is 4.98 Å². The topological polar surface area (TPSA) is 38.9 Å². The van der Waals surface area contributed by atoms with Crippen LogP contribution in [0, 0.1) is 0 Å². The summed E-state index contributed by atoms with van der Waals surface area (Å²) in [6.07, 6.45) is 4.64. The quantitative estimate of drug-likeness (QED) is 0.845. The third kappa shape index (κ3) is 2.71. The lowest BCUT2D eigenvalue weighted by Gasteiger charge is -2.27. The predicted molar refractivity (Wildman–Crippen MR) is 64.7 cm³/mol. The second-order valence-electron chi connectivity index (χ2n) is 4.33. The van der Waals surface area contributed by atoms with Crippen molar-refractivity contribution < 1.29 is 0 Å². The zero-order valence-corrected chi connectivity index (χ0v) is 10.5. The van der Waals surface area contributed by atoms with Crippen LogP contribution >= 0.6 is 15.9 Å². The molecule has 0 radical (unpaired) electrons. The van der Waals surface area contributed by atoms with Crippen LogP contribution < -0.4 is 5.73 Å². The number of nitrogen functional groups attached to an aromatic ring is 1. The molecule has 0 saturated carbocycles. The highest BCUT2D eigenvalue weighted by molar-refractivity contribution is 9.09. The van der Waals surface area contributed by atoms with Crippen LogP contribution in [0.2, 0.25) is 0 Å². The smallest absolute Gasteiger partial charge is 0.0383 e. The van der Waals surface area contributed by atoms with Crippen molar-refractivity contribution >= 4 is 21.6 Å². The number of pyridine rings is 1. The maximum Gasteiger partial charge on any atom is 0.0383 e. The summed E-state index contributed by atoms with van der Waals surface area (Å²) in [5.74, 6) is 0. The Morgan fingerprint density at radius 2 is 2.21 bits per heavy atom.